The Morgan fingerprint density at radius 1 is 1.10 bits per heavy atom. The van der Waals surface area contributed by atoms with Crippen molar-refractivity contribution in [1.29, 1.82) is 5.26 Å². The van der Waals surface area contributed by atoms with E-state index >= 15 is 0 Å². The Morgan fingerprint density at radius 2 is 1.83 bits per heavy atom. The zero-order chi connectivity index (χ0) is 28.8. The first kappa shape index (κ1) is 27.5. The molecule has 1 aromatic carbocycles. The van der Waals surface area contributed by atoms with Crippen LogP contribution in [0.1, 0.15) is 50.1 Å². The second-order valence-electron chi connectivity index (χ2n) is 11.6. The molecule has 214 valence electrons. The van der Waals surface area contributed by atoms with Gasteiger partial charge in [0.1, 0.15) is 17.8 Å². The van der Waals surface area contributed by atoms with Crippen molar-refractivity contribution in [2.45, 2.75) is 50.6 Å². The van der Waals surface area contributed by atoms with Gasteiger partial charge in [-0.2, -0.15) is 10.4 Å². The highest BCUT2D eigenvalue weighted by atomic mass is 32.2. The first-order valence-corrected chi connectivity index (χ1v) is 15.8. The molecule has 1 saturated heterocycles. The van der Waals surface area contributed by atoms with Crippen LogP contribution < -0.4 is 4.90 Å². The molecule has 3 heterocycles. The fraction of sp³-hybridized carbons (Fsp3) is 0.467. The van der Waals surface area contributed by atoms with Crippen LogP contribution in [-0.4, -0.2) is 59.7 Å². The molecule has 8 nitrogen and oxygen atoms in total. The number of benzene rings is 1. The largest absolute Gasteiger partial charge is 0.369 e. The summed E-state index contributed by atoms with van der Waals surface area (Å²) in [7, 11) is -3.00. The molecule has 0 spiro atoms. The summed E-state index contributed by atoms with van der Waals surface area (Å²) in [5.41, 5.74) is 2.56. The van der Waals surface area contributed by atoms with Crippen LogP contribution in [0, 0.1) is 28.5 Å². The van der Waals surface area contributed by atoms with Gasteiger partial charge < -0.3 is 4.90 Å². The number of carbonyl (C=O) groups is 1. The SMILES string of the molecule is N#CC1(CC(=O)[C@@H]2C[C@@H](F)CC[C@H]2c2nn(-c3ccc(F)cn3)cc2-c2ccc(N3CCS(=O)(=O)CC3)cc2)CC1. The number of rotatable bonds is 7. The van der Waals surface area contributed by atoms with Gasteiger partial charge in [-0.25, -0.2) is 26.9 Å². The Kier molecular flexibility index (Phi) is 7.14. The quantitative estimate of drug-likeness (QED) is 0.396. The highest BCUT2D eigenvalue weighted by Crippen LogP contribution is 2.51. The third-order valence-electron chi connectivity index (χ3n) is 8.73. The monoisotopic (exact) mass is 579 g/mol. The van der Waals surface area contributed by atoms with Crippen molar-refractivity contribution in [2.75, 3.05) is 29.5 Å². The van der Waals surface area contributed by atoms with E-state index in [1.165, 1.54) is 12.1 Å². The molecule has 1 aliphatic heterocycles. The van der Waals surface area contributed by atoms with E-state index in [4.69, 9.17) is 5.10 Å². The van der Waals surface area contributed by atoms with Gasteiger partial charge in [-0.15, -0.1) is 0 Å². The predicted molar refractivity (Wildman–Crippen MR) is 150 cm³/mol. The molecular formula is C30H31F2N5O3S. The molecule has 3 aromatic rings. The van der Waals surface area contributed by atoms with Gasteiger partial charge in [0.25, 0.3) is 0 Å². The summed E-state index contributed by atoms with van der Waals surface area (Å²) in [5.74, 6) is -0.844. The number of nitriles is 1. The molecule has 6 rings (SSSR count). The second kappa shape index (κ2) is 10.6. The minimum atomic E-state index is -3.00. The Hall–Kier alpha value is -3.65. The minimum Gasteiger partial charge on any atom is -0.369 e. The smallest absolute Gasteiger partial charge is 0.153 e. The van der Waals surface area contributed by atoms with Gasteiger partial charge in [0, 0.05) is 48.8 Å². The Balaban J connectivity index is 1.36. The summed E-state index contributed by atoms with van der Waals surface area (Å²) in [6.07, 6.45) is 4.20. The lowest BCUT2D eigenvalue weighted by Gasteiger charge is -2.32. The molecule has 0 N–H and O–H groups in total. The first-order valence-electron chi connectivity index (χ1n) is 14.0. The van der Waals surface area contributed by atoms with Gasteiger partial charge >= 0.3 is 0 Å². The van der Waals surface area contributed by atoms with Crippen LogP contribution in [0.25, 0.3) is 16.9 Å². The maximum absolute atomic E-state index is 14.7. The molecule has 0 unspecified atom stereocenters. The van der Waals surface area contributed by atoms with E-state index < -0.39 is 33.2 Å². The maximum atomic E-state index is 14.7. The van der Waals surface area contributed by atoms with Crippen LogP contribution in [0.4, 0.5) is 14.5 Å². The van der Waals surface area contributed by atoms with Crippen molar-refractivity contribution < 1.29 is 22.0 Å². The first-order chi connectivity index (χ1) is 19.7. The van der Waals surface area contributed by atoms with Gasteiger partial charge in [-0.1, -0.05) is 12.1 Å². The third kappa shape index (κ3) is 5.75. The van der Waals surface area contributed by atoms with Gasteiger partial charge in [-0.3, -0.25) is 4.79 Å². The van der Waals surface area contributed by atoms with Crippen molar-refractivity contribution in [3.8, 4) is 23.0 Å². The highest BCUT2D eigenvalue weighted by Gasteiger charge is 2.48. The van der Waals surface area contributed by atoms with Crippen LogP contribution in [0.2, 0.25) is 0 Å². The average molecular weight is 580 g/mol. The number of carbonyl (C=O) groups excluding carboxylic acids is 1. The van der Waals surface area contributed by atoms with Crippen molar-refractivity contribution in [2.24, 2.45) is 11.3 Å². The minimum absolute atomic E-state index is 0.0906. The summed E-state index contributed by atoms with van der Waals surface area (Å²) in [4.78, 5) is 19.7. The number of pyridine rings is 1. The van der Waals surface area contributed by atoms with Crippen LogP contribution in [-0.2, 0) is 14.6 Å². The van der Waals surface area contributed by atoms with E-state index in [1.807, 2.05) is 29.2 Å². The lowest BCUT2D eigenvalue weighted by atomic mass is 9.72. The van der Waals surface area contributed by atoms with Crippen molar-refractivity contribution in [3.63, 3.8) is 0 Å². The van der Waals surface area contributed by atoms with E-state index in [0.29, 0.717) is 50.3 Å². The molecule has 2 saturated carbocycles. The lowest BCUT2D eigenvalue weighted by molar-refractivity contribution is -0.126. The third-order valence-corrected chi connectivity index (χ3v) is 10.3. The molecule has 3 aliphatic rings. The molecule has 3 fully saturated rings. The number of anilines is 1. The summed E-state index contributed by atoms with van der Waals surface area (Å²) < 4.78 is 53.6. The predicted octanol–water partition coefficient (Wildman–Crippen LogP) is 4.79. The van der Waals surface area contributed by atoms with Gasteiger partial charge in [0.15, 0.2) is 15.7 Å². The fourth-order valence-corrected chi connectivity index (χ4v) is 7.27. The van der Waals surface area contributed by atoms with E-state index in [2.05, 4.69) is 11.1 Å². The maximum Gasteiger partial charge on any atom is 0.153 e. The van der Waals surface area contributed by atoms with Crippen LogP contribution >= 0.6 is 0 Å². The van der Waals surface area contributed by atoms with Gasteiger partial charge in [0.2, 0.25) is 0 Å². The molecular weight excluding hydrogens is 548 g/mol. The molecule has 2 aliphatic carbocycles. The fourth-order valence-electron chi connectivity index (χ4n) is 6.07. The number of alkyl halides is 1. The topological polar surface area (TPSA) is 109 Å². The zero-order valence-electron chi connectivity index (χ0n) is 22.5. The van der Waals surface area contributed by atoms with E-state index in [1.54, 1.807) is 10.9 Å². The lowest BCUT2D eigenvalue weighted by Crippen LogP contribution is -2.40. The molecule has 0 bridgehead atoms. The Morgan fingerprint density at radius 3 is 2.46 bits per heavy atom. The van der Waals surface area contributed by atoms with Gasteiger partial charge in [0.05, 0.1) is 34.9 Å². The number of Topliss-reactive ketones (excluding diaryl/α,β-unsaturated/α-hetero) is 1. The van der Waals surface area contributed by atoms with Crippen molar-refractivity contribution in [1.82, 2.24) is 14.8 Å². The summed E-state index contributed by atoms with van der Waals surface area (Å²) in [6.45, 7) is 0.864. The molecule has 11 heteroatoms. The number of halogens is 2. The Labute approximate surface area is 237 Å². The zero-order valence-corrected chi connectivity index (χ0v) is 23.4. The average Bonchev–Trinajstić information content (AvgIpc) is 3.60. The normalized spacial score (nSPS) is 24.9. The Bertz CT molecular complexity index is 1580. The highest BCUT2D eigenvalue weighted by molar-refractivity contribution is 7.91. The molecule has 2 aromatic heterocycles. The second-order valence-corrected chi connectivity index (χ2v) is 13.9. The molecule has 0 radical (unpaired) electrons. The summed E-state index contributed by atoms with van der Waals surface area (Å²) >= 11 is 0. The van der Waals surface area contributed by atoms with Crippen LogP contribution in [0.15, 0.2) is 48.8 Å². The molecule has 0 amide bonds. The number of aromatic nitrogens is 3. The number of nitrogens with zero attached hydrogens (tertiary/aromatic N) is 5. The van der Waals surface area contributed by atoms with Crippen LogP contribution in [0.5, 0.6) is 0 Å². The standard InChI is InChI=1S/C30H31F2N5O3S/c31-21-3-7-24(25(15-21)27(38)16-30(19-33)9-10-30)29-26(18-37(35-29)28-8-4-22(32)17-34-28)20-1-5-23(6-2-20)36-11-13-41(39,40)14-12-36/h1-2,4-6,8,17-18,21,24-25H,3,7,9-16H2/t21-,24+,25+/m0/s1. The van der Waals surface area contributed by atoms with E-state index in [0.717, 1.165) is 23.0 Å². The molecule has 41 heavy (non-hydrogen) atoms. The number of sulfone groups is 1. The number of hydrogen-bond donors (Lipinski definition) is 0. The molecule has 3 atom stereocenters. The van der Waals surface area contributed by atoms with E-state index in [9.17, 15) is 27.3 Å². The van der Waals surface area contributed by atoms with E-state index in [-0.39, 0.29) is 36.0 Å². The van der Waals surface area contributed by atoms with Gasteiger partial charge in [-0.05, 0) is 61.9 Å². The number of ketones is 1. The van der Waals surface area contributed by atoms with Crippen LogP contribution in [0.3, 0.4) is 0 Å². The number of hydrogen-bond acceptors (Lipinski definition) is 7. The van der Waals surface area contributed by atoms with Crippen molar-refractivity contribution >= 4 is 21.3 Å². The summed E-state index contributed by atoms with van der Waals surface area (Å²) in [5, 5.41) is 14.4. The van der Waals surface area contributed by atoms with Crippen molar-refractivity contribution in [3.05, 3.63) is 60.3 Å². The summed E-state index contributed by atoms with van der Waals surface area (Å²) in [6, 6.07) is 12.9.